The van der Waals surface area contributed by atoms with Crippen LogP contribution in [-0.2, 0) is 13.6 Å². The lowest BCUT2D eigenvalue weighted by Gasteiger charge is -2.08. The number of hydrogen-bond donors (Lipinski definition) is 1. The summed E-state index contributed by atoms with van der Waals surface area (Å²) in [5.74, 6) is -0.159. The molecule has 108 valence electrons. The van der Waals surface area contributed by atoms with E-state index in [9.17, 15) is 4.39 Å². The first kappa shape index (κ1) is 14.7. The fourth-order valence-electron chi connectivity index (χ4n) is 2.44. The zero-order valence-electron chi connectivity index (χ0n) is 12.6. The predicted molar refractivity (Wildman–Crippen MR) is 80.1 cm³/mol. The Morgan fingerprint density at radius 3 is 2.60 bits per heavy atom. The van der Waals surface area contributed by atoms with Crippen LogP contribution >= 0.6 is 0 Å². The van der Waals surface area contributed by atoms with Gasteiger partial charge in [-0.05, 0) is 38.4 Å². The van der Waals surface area contributed by atoms with Crippen molar-refractivity contribution in [3.8, 4) is 11.1 Å². The van der Waals surface area contributed by atoms with E-state index in [4.69, 9.17) is 0 Å². The summed E-state index contributed by atoms with van der Waals surface area (Å²) in [5, 5.41) is 7.60. The first-order valence-corrected chi connectivity index (χ1v) is 7.04. The van der Waals surface area contributed by atoms with Crippen LogP contribution < -0.4 is 5.32 Å². The highest BCUT2D eigenvalue weighted by molar-refractivity contribution is 5.68. The minimum atomic E-state index is -0.159. The maximum atomic E-state index is 14.2. The molecule has 1 aromatic carbocycles. The minimum Gasteiger partial charge on any atom is -0.313 e. The molecule has 0 aliphatic rings. The molecule has 0 aliphatic heterocycles. The van der Waals surface area contributed by atoms with Crippen LogP contribution in [0.4, 0.5) is 4.39 Å². The summed E-state index contributed by atoms with van der Waals surface area (Å²) in [6, 6.07) is 5.45. The second-order valence-corrected chi connectivity index (χ2v) is 5.15. The van der Waals surface area contributed by atoms with E-state index in [0.717, 1.165) is 35.5 Å². The monoisotopic (exact) mass is 275 g/mol. The molecule has 2 aromatic rings. The second-order valence-electron chi connectivity index (χ2n) is 5.15. The Balaban J connectivity index is 2.29. The van der Waals surface area contributed by atoms with Gasteiger partial charge in [-0.25, -0.2) is 4.39 Å². The van der Waals surface area contributed by atoms with Crippen LogP contribution in [0.1, 0.15) is 30.3 Å². The van der Waals surface area contributed by atoms with E-state index in [2.05, 4.69) is 17.3 Å². The van der Waals surface area contributed by atoms with Gasteiger partial charge in [0.25, 0.3) is 0 Å². The van der Waals surface area contributed by atoms with E-state index in [-0.39, 0.29) is 5.82 Å². The van der Waals surface area contributed by atoms with Gasteiger partial charge in [0, 0.05) is 30.4 Å². The number of nitrogens with one attached hydrogen (secondary N) is 1. The Morgan fingerprint density at radius 1 is 1.30 bits per heavy atom. The van der Waals surface area contributed by atoms with Gasteiger partial charge in [-0.2, -0.15) is 5.10 Å². The van der Waals surface area contributed by atoms with Crippen LogP contribution in [0.25, 0.3) is 11.1 Å². The molecule has 0 atom stereocenters. The smallest absolute Gasteiger partial charge is 0.128 e. The third kappa shape index (κ3) is 2.90. The molecule has 3 nitrogen and oxygen atoms in total. The molecular formula is C16H22FN3. The number of rotatable bonds is 5. The standard InChI is InChI=1S/C16H22FN3/c1-5-8-18-10-14-7-6-13(9-15(14)17)16-11(2)19-20(4)12(16)3/h6-7,9,18H,5,8,10H2,1-4H3. The topological polar surface area (TPSA) is 29.9 Å². The van der Waals surface area contributed by atoms with Crippen LogP contribution in [0.2, 0.25) is 0 Å². The second kappa shape index (κ2) is 6.18. The molecule has 0 saturated carbocycles. The highest BCUT2D eigenvalue weighted by Gasteiger charge is 2.13. The highest BCUT2D eigenvalue weighted by Crippen LogP contribution is 2.27. The lowest BCUT2D eigenvalue weighted by atomic mass is 10.0. The zero-order valence-corrected chi connectivity index (χ0v) is 12.6. The lowest BCUT2D eigenvalue weighted by molar-refractivity contribution is 0.587. The molecule has 0 aliphatic carbocycles. The van der Waals surface area contributed by atoms with Gasteiger partial charge in [0.2, 0.25) is 0 Å². The molecule has 1 N–H and O–H groups in total. The van der Waals surface area contributed by atoms with E-state index in [0.29, 0.717) is 12.1 Å². The van der Waals surface area contributed by atoms with Crippen molar-refractivity contribution in [3.05, 3.63) is 41.0 Å². The van der Waals surface area contributed by atoms with E-state index in [1.807, 2.05) is 37.7 Å². The third-order valence-electron chi connectivity index (χ3n) is 3.59. The molecule has 0 unspecified atom stereocenters. The Bertz CT molecular complexity index is 602. The van der Waals surface area contributed by atoms with Crippen molar-refractivity contribution >= 4 is 0 Å². The molecule has 0 fully saturated rings. The normalized spacial score (nSPS) is 11.1. The van der Waals surface area contributed by atoms with E-state index < -0.39 is 0 Å². The summed E-state index contributed by atoms with van der Waals surface area (Å²) < 4.78 is 16.0. The van der Waals surface area contributed by atoms with Gasteiger partial charge in [-0.1, -0.05) is 19.1 Å². The van der Waals surface area contributed by atoms with E-state index in [1.54, 1.807) is 6.07 Å². The first-order valence-electron chi connectivity index (χ1n) is 7.04. The Labute approximate surface area is 119 Å². The van der Waals surface area contributed by atoms with Gasteiger partial charge < -0.3 is 5.32 Å². The fourth-order valence-corrected chi connectivity index (χ4v) is 2.44. The van der Waals surface area contributed by atoms with Crippen molar-refractivity contribution in [2.75, 3.05) is 6.54 Å². The highest BCUT2D eigenvalue weighted by atomic mass is 19.1. The summed E-state index contributed by atoms with van der Waals surface area (Å²) >= 11 is 0. The summed E-state index contributed by atoms with van der Waals surface area (Å²) in [6.45, 7) is 7.54. The molecule has 0 amide bonds. The van der Waals surface area contributed by atoms with Gasteiger partial charge in [-0.3, -0.25) is 4.68 Å². The Hall–Kier alpha value is -1.68. The van der Waals surface area contributed by atoms with Crippen LogP contribution in [0.5, 0.6) is 0 Å². The first-order chi connectivity index (χ1) is 9.54. The maximum absolute atomic E-state index is 14.2. The van der Waals surface area contributed by atoms with Crippen molar-refractivity contribution < 1.29 is 4.39 Å². The molecule has 2 rings (SSSR count). The maximum Gasteiger partial charge on any atom is 0.128 e. The Kier molecular flexibility index (Phi) is 4.55. The van der Waals surface area contributed by atoms with Gasteiger partial charge in [-0.15, -0.1) is 0 Å². The molecule has 1 aromatic heterocycles. The summed E-state index contributed by atoms with van der Waals surface area (Å²) in [4.78, 5) is 0. The average Bonchev–Trinajstić information content (AvgIpc) is 2.65. The molecule has 0 spiro atoms. The van der Waals surface area contributed by atoms with Crippen molar-refractivity contribution in [2.24, 2.45) is 7.05 Å². The van der Waals surface area contributed by atoms with Crippen molar-refractivity contribution in [1.29, 1.82) is 0 Å². The Morgan fingerprint density at radius 2 is 2.05 bits per heavy atom. The predicted octanol–water partition coefficient (Wildman–Crippen LogP) is 3.34. The minimum absolute atomic E-state index is 0.159. The van der Waals surface area contributed by atoms with Crippen molar-refractivity contribution in [1.82, 2.24) is 15.1 Å². The number of hydrogen-bond acceptors (Lipinski definition) is 2. The van der Waals surface area contributed by atoms with Gasteiger partial charge in [0.05, 0.1) is 5.69 Å². The summed E-state index contributed by atoms with van der Waals surface area (Å²) in [7, 11) is 1.91. The third-order valence-corrected chi connectivity index (χ3v) is 3.59. The molecule has 1 heterocycles. The molecule has 0 radical (unpaired) electrons. The fraction of sp³-hybridized carbons (Fsp3) is 0.438. The summed E-state index contributed by atoms with van der Waals surface area (Å²) in [5.41, 5.74) is 4.62. The van der Waals surface area contributed by atoms with E-state index >= 15 is 0 Å². The largest absolute Gasteiger partial charge is 0.313 e. The summed E-state index contributed by atoms with van der Waals surface area (Å²) in [6.07, 6.45) is 1.05. The number of aryl methyl sites for hydroxylation is 2. The molecule has 4 heteroatoms. The quantitative estimate of drug-likeness (QED) is 0.848. The van der Waals surface area contributed by atoms with Gasteiger partial charge in [0.15, 0.2) is 0 Å². The molecule has 20 heavy (non-hydrogen) atoms. The number of aromatic nitrogens is 2. The van der Waals surface area contributed by atoms with Gasteiger partial charge >= 0.3 is 0 Å². The van der Waals surface area contributed by atoms with Crippen molar-refractivity contribution in [3.63, 3.8) is 0 Å². The SMILES string of the molecule is CCCNCc1ccc(-c2c(C)nn(C)c2C)cc1F. The van der Waals surface area contributed by atoms with Crippen molar-refractivity contribution in [2.45, 2.75) is 33.7 Å². The molecular weight excluding hydrogens is 253 g/mol. The number of halogens is 1. The zero-order chi connectivity index (χ0) is 14.7. The van der Waals surface area contributed by atoms with Crippen LogP contribution in [-0.4, -0.2) is 16.3 Å². The van der Waals surface area contributed by atoms with E-state index in [1.165, 1.54) is 0 Å². The number of nitrogens with zero attached hydrogens (tertiary/aromatic N) is 2. The van der Waals surface area contributed by atoms with Crippen LogP contribution in [0.15, 0.2) is 18.2 Å². The van der Waals surface area contributed by atoms with Gasteiger partial charge in [0.1, 0.15) is 5.82 Å². The lowest BCUT2D eigenvalue weighted by Crippen LogP contribution is -2.14. The molecule has 0 saturated heterocycles. The average molecular weight is 275 g/mol. The van der Waals surface area contributed by atoms with Crippen LogP contribution in [0, 0.1) is 19.7 Å². The molecule has 0 bridgehead atoms. The van der Waals surface area contributed by atoms with Crippen LogP contribution in [0.3, 0.4) is 0 Å². The number of benzene rings is 1.